The van der Waals surface area contributed by atoms with E-state index in [9.17, 15) is 19.8 Å². The number of pyridine rings is 1. The Kier molecular flexibility index (Phi) is 5.13. The highest BCUT2D eigenvalue weighted by atomic mass is 16.4. The van der Waals surface area contributed by atoms with Gasteiger partial charge < -0.3 is 14.8 Å². The molecule has 2 aromatic carbocycles. The fraction of sp³-hybridized carbons (Fsp3) is 0.154. The zero-order valence-electron chi connectivity index (χ0n) is 18.6. The van der Waals surface area contributed by atoms with Gasteiger partial charge in [0.25, 0.3) is 5.91 Å². The Bertz CT molecular complexity index is 1440. The van der Waals surface area contributed by atoms with E-state index in [0.29, 0.717) is 34.7 Å². The molecule has 2 aromatic heterocycles. The molecule has 3 heterocycles. The lowest BCUT2D eigenvalue weighted by Gasteiger charge is -2.16. The first-order chi connectivity index (χ1) is 16.3. The van der Waals surface area contributed by atoms with Crippen molar-refractivity contribution in [3.63, 3.8) is 0 Å². The number of fused-ring (bicyclic) bond motifs is 1. The summed E-state index contributed by atoms with van der Waals surface area (Å²) in [6, 6.07) is 15.6. The zero-order chi connectivity index (χ0) is 24.0. The van der Waals surface area contributed by atoms with E-state index >= 15 is 0 Å². The number of aromatic hydroxyl groups is 1. The number of hydrogen-bond donors (Lipinski definition) is 2. The molecule has 5 rings (SSSR count). The van der Waals surface area contributed by atoms with Crippen LogP contribution >= 0.6 is 0 Å². The number of hydrogen-bond acceptors (Lipinski definition) is 5. The van der Waals surface area contributed by atoms with E-state index < -0.39 is 5.97 Å². The largest absolute Gasteiger partial charge is 0.506 e. The van der Waals surface area contributed by atoms with Crippen LogP contribution in [0.25, 0.3) is 22.6 Å². The third-order valence-corrected chi connectivity index (χ3v) is 5.96. The van der Waals surface area contributed by atoms with Crippen LogP contribution in [0.15, 0.2) is 67.0 Å². The number of amides is 1. The highest BCUT2D eigenvalue weighted by Crippen LogP contribution is 2.36. The number of para-hydroxylation sites is 1. The average molecular weight is 454 g/mol. The number of aromatic nitrogens is 3. The molecule has 34 heavy (non-hydrogen) atoms. The van der Waals surface area contributed by atoms with E-state index in [0.717, 1.165) is 11.4 Å². The smallest absolute Gasteiger partial charge is 0.339 e. The van der Waals surface area contributed by atoms with Crippen molar-refractivity contribution in [1.82, 2.24) is 14.5 Å². The van der Waals surface area contributed by atoms with Crippen molar-refractivity contribution < 1.29 is 19.8 Å². The maximum absolute atomic E-state index is 13.3. The Morgan fingerprint density at radius 3 is 2.62 bits per heavy atom. The molecule has 8 nitrogen and oxygen atoms in total. The Hall–Kier alpha value is -4.46. The van der Waals surface area contributed by atoms with Gasteiger partial charge in [0.05, 0.1) is 6.54 Å². The fourth-order valence-corrected chi connectivity index (χ4v) is 4.23. The molecule has 0 saturated carbocycles. The molecule has 0 saturated heterocycles. The van der Waals surface area contributed by atoms with Gasteiger partial charge in [0.1, 0.15) is 22.8 Å². The van der Waals surface area contributed by atoms with Crippen molar-refractivity contribution in [3.05, 3.63) is 83.7 Å². The van der Waals surface area contributed by atoms with Crippen LogP contribution in [0.1, 0.15) is 46.2 Å². The molecule has 0 bridgehead atoms. The van der Waals surface area contributed by atoms with Gasteiger partial charge in [-0.15, -0.1) is 0 Å². The van der Waals surface area contributed by atoms with E-state index in [4.69, 9.17) is 4.98 Å². The number of imidazole rings is 1. The molecule has 170 valence electrons. The van der Waals surface area contributed by atoms with Crippen LogP contribution in [0.4, 0.5) is 5.82 Å². The van der Waals surface area contributed by atoms with E-state index in [1.807, 2.05) is 29.0 Å². The zero-order valence-corrected chi connectivity index (χ0v) is 18.6. The van der Waals surface area contributed by atoms with Gasteiger partial charge >= 0.3 is 5.97 Å². The standard InChI is InChI=1S/C26H22N4O4/c1-15(2)29-12-11-27-24(29)21-7-4-8-22(28-21)30-14-17-10-9-16(13-20(17)25(30)32)18-5-3-6-19(23(18)31)26(33)34/h3-13,15,31H,14H2,1-2H3,(H,33,34). The summed E-state index contributed by atoms with van der Waals surface area (Å²) < 4.78 is 2.02. The van der Waals surface area contributed by atoms with Crippen molar-refractivity contribution in [3.8, 4) is 28.4 Å². The number of rotatable bonds is 5. The van der Waals surface area contributed by atoms with Crippen LogP contribution in [-0.4, -0.2) is 36.6 Å². The summed E-state index contributed by atoms with van der Waals surface area (Å²) in [5, 5.41) is 19.7. The molecular weight excluding hydrogens is 432 g/mol. The number of carboxylic acid groups (broad SMARTS) is 1. The molecule has 0 atom stereocenters. The summed E-state index contributed by atoms with van der Waals surface area (Å²) >= 11 is 0. The first-order valence-electron chi connectivity index (χ1n) is 10.9. The van der Waals surface area contributed by atoms with Gasteiger partial charge in [-0.1, -0.05) is 30.3 Å². The highest BCUT2D eigenvalue weighted by molar-refractivity contribution is 6.10. The predicted octanol–water partition coefficient (Wildman–Crippen LogP) is 4.76. The van der Waals surface area contributed by atoms with Gasteiger partial charge in [-0.2, -0.15) is 0 Å². The van der Waals surface area contributed by atoms with Crippen molar-refractivity contribution in [2.75, 3.05) is 4.90 Å². The van der Waals surface area contributed by atoms with Gasteiger partial charge in [-0.05, 0) is 49.2 Å². The normalized spacial score (nSPS) is 12.9. The molecule has 4 aromatic rings. The van der Waals surface area contributed by atoms with E-state index in [2.05, 4.69) is 18.8 Å². The molecule has 0 fully saturated rings. The third-order valence-electron chi connectivity index (χ3n) is 5.96. The molecule has 0 spiro atoms. The lowest BCUT2D eigenvalue weighted by molar-refractivity contribution is 0.0693. The molecule has 1 aliphatic heterocycles. The van der Waals surface area contributed by atoms with E-state index in [-0.39, 0.29) is 23.3 Å². The SMILES string of the molecule is CC(C)n1ccnc1-c1cccc(N2Cc3ccc(-c4cccc(C(=O)O)c4O)cc3C2=O)n1. The number of carbonyl (C=O) groups is 2. The minimum Gasteiger partial charge on any atom is -0.506 e. The molecule has 8 heteroatoms. The van der Waals surface area contributed by atoms with E-state index in [1.165, 1.54) is 6.07 Å². The molecule has 2 N–H and O–H groups in total. The Morgan fingerprint density at radius 1 is 1.06 bits per heavy atom. The quantitative estimate of drug-likeness (QED) is 0.450. The van der Waals surface area contributed by atoms with Gasteiger partial charge in [0.15, 0.2) is 5.82 Å². The minimum atomic E-state index is -1.22. The minimum absolute atomic E-state index is 0.188. The lowest BCUT2D eigenvalue weighted by atomic mass is 9.98. The summed E-state index contributed by atoms with van der Waals surface area (Å²) in [5.41, 5.74) is 2.74. The van der Waals surface area contributed by atoms with Crippen molar-refractivity contribution in [2.24, 2.45) is 0 Å². The molecule has 1 aliphatic rings. The predicted molar refractivity (Wildman–Crippen MR) is 127 cm³/mol. The van der Waals surface area contributed by atoms with E-state index in [1.54, 1.807) is 41.4 Å². The van der Waals surface area contributed by atoms with Crippen LogP contribution in [0.3, 0.4) is 0 Å². The van der Waals surface area contributed by atoms with Crippen molar-refractivity contribution >= 4 is 17.7 Å². The van der Waals surface area contributed by atoms with Crippen LogP contribution in [0.5, 0.6) is 5.75 Å². The molecule has 0 unspecified atom stereocenters. The van der Waals surface area contributed by atoms with Crippen LogP contribution in [0, 0.1) is 0 Å². The van der Waals surface area contributed by atoms with Crippen molar-refractivity contribution in [2.45, 2.75) is 26.4 Å². The average Bonchev–Trinajstić information content (AvgIpc) is 3.44. The Balaban J connectivity index is 1.49. The maximum Gasteiger partial charge on any atom is 0.339 e. The molecular formula is C26H22N4O4. The number of nitrogens with zero attached hydrogens (tertiary/aromatic N) is 4. The maximum atomic E-state index is 13.3. The second-order valence-corrected chi connectivity index (χ2v) is 8.40. The lowest BCUT2D eigenvalue weighted by Crippen LogP contribution is -2.24. The number of anilines is 1. The van der Waals surface area contributed by atoms with Gasteiger partial charge in [-0.3, -0.25) is 9.69 Å². The summed E-state index contributed by atoms with van der Waals surface area (Å²) in [6.07, 6.45) is 3.64. The fourth-order valence-electron chi connectivity index (χ4n) is 4.23. The van der Waals surface area contributed by atoms with Gasteiger partial charge in [0, 0.05) is 29.6 Å². The number of carboxylic acids is 1. The highest BCUT2D eigenvalue weighted by Gasteiger charge is 2.30. The van der Waals surface area contributed by atoms with Crippen LogP contribution in [0.2, 0.25) is 0 Å². The van der Waals surface area contributed by atoms with Crippen LogP contribution in [-0.2, 0) is 6.54 Å². The third kappa shape index (κ3) is 3.49. The Morgan fingerprint density at radius 2 is 1.85 bits per heavy atom. The number of benzene rings is 2. The summed E-state index contributed by atoms with van der Waals surface area (Å²) in [5.74, 6) is -0.493. The first-order valence-corrected chi connectivity index (χ1v) is 10.9. The second kappa shape index (κ2) is 8.15. The molecule has 0 radical (unpaired) electrons. The topological polar surface area (TPSA) is 109 Å². The number of carbonyl (C=O) groups excluding carboxylic acids is 1. The number of phenols is 1. The van der Waals surface area contributed by atoms with Gasteiger partial charge in [0.2, 0.25) is 0 Å². The Labute approximate surface area is 195 Å². The summed E-state index contributed by atoms with van der Waals surface area (Å²) in [6.45, 7) is 4.50. The second-order valence-electron chi connectivity index (χ2n) is 8.40. The van der Waals surface area contributed by atoms with Crippen LogP contribution < -0.4 is 4.90 Å². The number of aromatic carboxylic acids is 1. The van der Waals surface area contributed by atoms with Gasteiger partial charge in [-0.25, -0.2) is 14.8 Å². The first kappa shape index (κ1) is 21.4. The summed E-state index contributed by atoms with van der Waals surface area (Å²) in [7, 11) is 0. The summed E-state index contributed by atoms with van der Waals surface area (Å²) in [4.78, 5) is 35.5. The molecule has 0 aliphatic carbocycles. The monoisotopic (exact) mass is 454 g/mol. The van der Waals surface area contributed by atoms with Crippen molar-refractivity contribution in [1.29, 1.82) is 0 Å². The molecule has 1 amide bonds.